The summed E-state index contributed by atoms with van der Waals surface area (Å²) in [5.74, 6) is 0. The molecule has 4 rings (SSSR count). The van der Waals surface area contributed by atoms with E-state index in [0.29, 0.717) is 11.1 Å². The number of rotatable bonds is 2. The Morgan fingerprint density at radius 2 is 1.09 bits per heavy atom. The summed E-state index contributed by atoms with van der Waals surface area (Å²) in [7, 11) is 0. The van der Waals surface area contributed by atoms with Crippen LogP contribution in [0.3, 0.4) is 0 Å². The van der Waals surface area contributed by atoms with Crippen molar-refractivity contribution in [1.29, 1.82) is 0 Å². The molecule has 0 spiro atoms. The van der Waals surface area contributed by atoms with Gasteiger partial charge in [-0.05, 0) is 89.5 Å². The van der Waals surface area contributed by atoms with Gasteiger partial charge in [-0.1, -0.05) is 54.1 Å². The van der Waals surface area contributed by atoms with Gasteiger partial charge < -0.3 is 0 Å². The predicted molar refractivity (Wildman–Crippen MR) is 124 cm³/mol. The molecular formula is C28H22F6. The molecule has 0 bridgehead atoms. The molecule has 0 unspecified atom stereocenters. The van der Waals surface area contributed by atoms with Crippen molar-refractivity contribution < 1.29 is 26.3 Å². The maximum atomic E-state index is 13.7. The van der Waals surface area contributed by atoms with Crippen molar-refractivity contribution in [3.63, 3.8) is 0 Å². The van der Waals surface area contributed by atoms with Gasteiger partial charge in [0.25, 0.3) is 0 Å². The van der Waals surface area contributed by atoms with Crippen LogP contribution in [0.15, 0.2) is 60.7 Å². The van der Waals surface area contributed by atoms with Crippen LogP contribution in [-0.2, 0) is 12.4 Å². The van der Waals surface area contributed by atoms with E-state index in [1.165, 1.54) is 23.8 Å². The number of fused-ring (bicyclic) bond motifs is 1. The lowest BCUT2D eigenvalue weighted by Gasteiger charge is -2.19. The molecule has 0 atom stereocenters. The first-order valence-electron chi connectivity index (χ1n) is 10.7. The van der Waals surface area contributed by atoms with E-state index in [1.807, 2.05) is 45.0 Å². The number of halogens is 6. The zero-order valence-corrected chi connectivity index (χ0v) is 19.0. The lowest BCUT2D eigenvalue weighted by atomic mass is 9.90. The molecule has 0 aliphatic rings. The molecule has 0 nitrogen and oxygen atoms in total. The Kier molecular flexibility index (Phi) is 5.75. The topological polar surface area (TPSA) is 0 Å². The maximum absolute atomic E-state index is 13.7. The van der Waals surface area contributed by atoms with E-state index < -0.39 is 29.0 Å². The first-order valence-corrected chi connectivity index (χ1v) is 10.7. The van der Waals surface area contributed by atoms with Crippen molar-refractivity contribution in [1.82, 2.24) is 0 Å². The normalized spacial score (nSPS) is 12.4. The van der Waals surface area contributed by atoms with Crippen LogP contribution in [0.2, 0.25) is 0 Å². The van der Waals surface area contributed by atoms with Crippen LogP contribution < -0.4 is 0 Å². The van der Waals surface area contributed by atoms with Crippen molar-refractivity contribution in [3.05, 3.63) is 94.0 Å². The van der Waals surface area contributed by atoms with Crippen molar-refractivity contribution in [2.24, 2.45) is 0 Å². The second kappa shape index (κ2) is 8.19. The predicted octanol–water partition coefficient (Wildman–Crippen LogP) is 9.45. The molecule has 6 heteroatoms. The van der Waals surface area contributed by atoms with Crippen LogP contribution in [0.1, 0.15) is 33.4 Å². The summed E-state index contributed by atoms with van der Waals surface area (Å²) in [6, 6.07) is 16.6. The Morgan fingerprint density at radius 1 is 0.559 bits per heavy atom. The van der Waals surface area contributed by atoms with Crippen LogP contribution in [0, 0.1) is 27.7 Å². The zero-order chi connectivity index (χ0) is 25.0. The fraction of sp³-hybridized carbons (Fsp3) is 0.214. The number of alkyl halides is 6. The second-order valence-corrected chi connectivity index (χ2v) is 8.71. The summed E-state index contributed by atoms with van der Waals surface area (Å²) in [5.41, 5.74) is 3.44. The van der Waals surface area contributed by atoms with Gasteiger partial charge in [0, 0.05) is 0 Å². The first-order chi connectivity index (χ1) is 15.8. The van der Waals surface area contributed by atoms with Crippen molar-refractivity contribution in [2.45, 2.75) is 40.0 Å². The Hall–Kier alpha value is -3.28. The van der Waals surface area contributed by atoms with Crippen LogP contribution >= 0.6 is 0 Å². The molecule has 176 valence electrons. The molecule has 0 fully saturated rings. The number of benzene rings is 4. The summed E-state index contributed by atoms with van der Waals surface area (Å²) in [6.07, 6.45) is -9.80. The minimum Gasteiger partial charge on any atom is -0.166 e. The fourth-order valence-corrected chi connectivity index (χ4v) is 4.81. The van der Waals surface area contributed by atoms with E-state index in [4.69, 9.17) is 0 Å². The monoisotopic (exact) mass is 472 g/mol. The van der Waals surface area contributed by atoms with Gasteiger partial charge in [0.1, 0.15) is 0 Å². The van der Waals surface area contributed by atoms with E-state index in [2.05, 4.69) is 12.1 Å². The molecular weight excluding hydrogens is 450 g/mol. The molecule has 0 amide bonds. The van der Waals surface area contributed by atoms with E-state index in [0.717, 1.165) is 35.2 Å². The van der Waals surface area contributed by atoms with Gasteiger partial charge in [0.15, 0.2) is 0 Å². The quantitative estimate of drug-likeness (QED) is 0.255. The van der Waals surface area contributed by atoms with Gasteiger partial charge in [0.2, 0.25) is 0 Å². The van der Waals surface area contributed by atoms with Gasteiger partial charge in [-0.3, -0.25) is 0 Å². The molecule has 0 saturated carbocycles. The summed E-state index contributed by atoms with van der Waals surface area (Å²) in [4.78, 5) is 0. The third kappa shape index (κ3) is 4.29. The average Bonchev–Trinajstić information content (AvgIpc) is 2.71. The smallest absolute Gasteiger partial charge is 0.166 e. The lowest BCUT2D eigenvalue weighted by molar-refractivity contribution is -0.143. The SMILES string of the molecule is Cc1cc(C)c(-c2ccc(-c3ccc4c(C(F)(F)F)c(C)c(C(F)(F)F)cc4c3)cc2)c(C)c1. The van der Waals surface area contributed by atoms with Crippen LogP contribution in [-0.4, -0.2) is 0 Å². The largest absolute Gasteiger partial charge is 0.417 e. The minimum absolute atomic E-state index is 0.1000. The molecule has 0 aromatic heterocycles. The molecule has 4 aromatic rings. The van der Waals surface area contributed by atoms with Gasteiger partial charge >= 0.3 is 12.4 Å². The summed E-state index contributed by atoms with van der Waals surface area (Å²) < 4.78 is 81.6. The molecule has 0 aliphatic heterocycles. The lowest BCUT2D eigenvalue weighted by Crippen LogP contribution is -2.15. The Labute approximate surface area is 193 Å². The maximum Gasteiger partial charge on any atom is 0.417 e. The first kappa shape index (κ1) is 23.9. The molecule has 0 aliphatic carbocycles. The fourth-order valence-electron chi connectivity index (χ4n) is 4.81. The highest BCUT2D eigenvalue weighted by Crippen LogP contribution is 2.44. The standard InChI is InChI=1S/C28H22F6/c1-15-11-16(2)25(17(3)12-15)20-7-5-19(6-8-20)21-9-10-23-22(13-21)14-24(27(29,30)31)18(4)26(23)28(32,33)34/h5-14H,1-4H3. The Balaban J connectivity index is 1.84. The number of aryl methyl sites for hydroxylation is 3. The highest BCUT2D eigenvalue weighted by atomic mass is 19.4. The van der Waals surface area contributed by atoms with Crippen molar-refractivity contribution >= 4 is 10.8 Å². The van der Waals surface area contributed by atoms with E-state index in [-0.39, 0.29) is 10.8 Å². The van der Waals surface area contributed by atoms with E-state index in [9.17, 15) is 26.3 Å². The van der Waals surface area contributed by atoms with Crippen LogP contribution in [0.25, 0.3) is 33.0 Å². The Morgan fingerprint density at radius 3 is 1.62 bits per heavy atom. The van der Waals surface area contributed by atoms with Crippen LogP contribution in [0.5, 0.6) is 0 Å². The van der Waals surface area contributed by atoms with Gasteiger partial charge in [0.05, 0.1) is 11.1 Å². The molecule has 0 saturated heterocycles. The third-order valence-electron chi connectivity index (χ3n) is 6.17. The summed E-state index contributed by atoms with van der Waals surface area (Å²) >= 11 is 0. The minimum atomic E-state index is -4.91. The molecule has 4 aromatic carbocycles. The highest BCUT2D eigenvalue weighted by Gasteiger charge is 2.40. The van der Waals surface area contributed by atoms with Gasteiger partial charge in [-0.15, -0.1) is 0 Å². The zero-order valence-electron chi connectivity index (χ0n) is 19.0. The summed E-state index contributed by atoms with van der Waals surface area (Å²) in [6.45, 7) is 6.96. The Bertz CT molecular complexity index is 1370. The van der Waals surface area contributed by atoms with E-state index >= 15 is 0 Å². The van der Waals surface area contributed by atoms with Crippen molar-refractivity contribution in [2.75, 3.05) is 0 Å². The molecule has 0 heterocycles. The van der Waals surface area contributed by atoms with Gasteiger partial charge in [-0.2, -0.15) is 26.3 Å². The number of hydrogen-bond donors (Lipinski definition) is 0. The van der Waals surface area contributed by atoms with Gasteiger partial charge in [-0.25, -0.2) is 0 Å². The second-order valence-electron chi connectivity index (χ2n) is 8.71. The van der Waals surface area contributed by atoms with Crippen LogP contribution in [0.4, 0.5) is 26.3 Å². The summed E-state index contributed by atoms with van der Waals surface area (Å²) in [5, 5.41) is -0.346. The van der Waals surface area contributed by atoms with E-state index in [1.54, 1.807) is 0 Å². The highest BCUT2D eigenvalue weighted by molar-refractivity contribution is 5.92. The third-order valence-corrected chi connectivity index (χ3v) is 6.17. The average molecular weight is 472 g/mol. The molecule has 0 radical (unpaired) electrons. The number of hydrogen-bond acceptors (Lipinski definition) is 0. The van der Waals surface area contributed by atoms with Crippen molar-refractivity contribution in [3.8, 4) is 22.3 Å². The molecule has 0 N–H and O–H groups in total. The molecule has 34 heavy (non-hydrogen) atoms.